The summed E-state index contributed by atoms with van der Waals surface area (Å²) >= 11 is 0. The molecule has 0 saturated heterocycles. The first-order valence-electron chi connectivity index (χ1n) is 19.8. The van der Waals surface area contributed by atoms with Crippen LogP contribution in [0.2, 0.25) is 0 Å². The standard InChI is InChI=1S/C55H39NO/c1-55(2)50-23-9-8-19-47(50)48-22-11-21-45(53(48)55)39-27-32-42(33-28-39)56(41-30-25-37(26-31-41)36-13-4-3-5-14-36)43-17-10-16-40(35-43)44-20-12-24-51-52(44)49-34-29-38-15-6-7-18-46(38)54(49)57-51/h3-35H,1-2H3. The fourth-order valence-electron chi connectivity index (χ4n) is 9.37. The number of anilines is 3. The maximum Gasteiger partial charge on any atom is 0.143 e. The Balaban J connectivity index is 1.04. The number of hydrogen-bond acceptors (Lipinski definition) is 2. The molecule has 0 radical (unpaired) electrons. The van der Waals surface area contributed by atoms with Crippen molar-refractivity contribution >= 4 is 49.8 Å². The summed E-state index contributed by atoms with van der Waals surface area (Å²) < 4.78 is 6.59. The molecule has 1 heterocycles. The average Bonchev–Trinajstić information content (AvgIpc) is 3.77. The predicted molar refractivity (Wildman–Crippen MR) is 240 cm³/mol. The molecule has 1 aliphatic rings. The zero-order chi connectivity index (χ0) is 38.1. The molecule has 10 aromatic rings. The number of furan rings is 1. The van der Waals surface area contributed by atoms with Crippen LogP contribution in [-0.2, 0) is 5.41 Å². The van der Waals surface area contributed by atoms with Crippen molar-refractivity contribution < 1.29 is 4.42 Å². The Kier molecular flexibility index (Phi) is 7.55. The second-order valence-corrected chi connectivity index (χ2v) is 15.7. The van der Waals surface area contributed by atoms with Crippen molar-refractivity contribution in [2.75, 3.05) is 4.90 Å². The average molecular weight is 730 g/mol. The van der Waals surface area contributed by atoms with Crippen LogP contribution in [0.15, 0.2) is 205 Å². The smallest absolute Gasteiger partial charge is 0.143 e. The summed E-state index contributed by atoms with van der Waals surface area (Å²) in [6, 6.07) is 72.5. The first kappa shape index (κ1) is 33.2. The van der Waals surface area contributed by atoms with Gasteiger partial charge in [-0.05, 0) is 110 Å². The van der Waals surface area contributed by atoms with Gasteiger partial charge in [0.05, 0.1) is 0 Å². The van der Waals surface area contributed by atoms with Gasteiger partial charge in [0.15, 0.2) is 0 Å². The van der Waals surface area contributed by atoms with E-state index in [-0.39, 0.29) is 5.41 Å². The molecule has 0 saturated carbocycles. The molecule has 0 bridgehead atoms. The molecule has 9 aromatic carbocycles. The highest BCUT2D eigenvalue weighted by Gasteiger charge is 2.37. The third kappa shape index (κ3) is 5.33. The fourth-order valence-corrected chi connectivity index (χ4v) is 9.37. The minimum Gasteiger partial charge on any atom is -0.455 e. The van der Waals surface area contributed by atoms with E-state index in [0.29, 0.717) is 0 Å². The molecule has 270 valence electrons. The lowest BCUT2D eigenvalue weighted by Crippen LogP contribution is -2.16. The summed E-state index contributed by atoms with van der Waals surface area (Å²) in [5.41, 5.74) is 17.7. The molecular weight excluding hydrogens is 691 g/mol. The third-order valence-corrected chi connectivity index (χ3v) is 12.1. The van der Waals surface area contributed by atoms with Gasteiger partial charge in [-0.3, -0.25) is 0 Å². The van der Waals surface area contributed by atoms with Crippen molar-refractivity contribution in [1.29, 1.82) is 0 Å². The highest BCUT2D eigenvalue weighted by Crippen LogP contribution is 2.52. The highest BCUT2D eigenvalue weighted by atomic mass is 16.3. The molecule has 0 atom stereocenters. The molecule has 2 heteroatoms. The Morgan fingerprint density at radius 2 is 1.02 bits per heavy atom. The van der Waals surface area contributed by atoms with E-state index in [1.54, 1.807) is 0 Å². The van der Waals surface area contributed by atoms with Gasteiger partial charge >= 0.3 is 0 Å². The number of nitrogens with zero attached hydrogens (tertiary/aromatic N) is 1. The largest absolute Gasteiger partial charge is 0.455 e. The van der Waals surface area contributed by atoms with Crippen LogP contribution in [0.3, 0.4) is 0 Å². The molecular formula is C55H39NO. The topological polar surface area (TPSA) is 16.4 Å². The normalized spacial score (nSPS) is 12.9. The Labute approximate surface area is 332 Å². The van der Waals surface area contributed by atoms with Gasteiger partial charge in [0.1, 0.15) is 11.2 Å². The summed E-state index contributed by atoms with van der Waals surface area (Å²) in [5.74, 6) is 0. The van der Waals surface area contributed by atoms with Gasteiger partial charge in [0.2, 0.25) is 0 Å². The first-order valence-corrected chi connectivity index (χ1v) is 19.8. The second-order valence-electron chi connectivity index (χ2n) is 15.7. The van der Waals surface area contributed by atoms with E-state index in [9.17, 15) is 0 Å². The maximum absolute atomic E-state index is 6.59. The molecule has 0 N–H and O–H groups in total. The van der Waals surface area contributed by atoms with E-state index < -0.39 is 0 Å². The molecule has 0 unspecified atom stereocenters. The minimum absolute atomic E-state index is 0.0928. The van der Waals surface area contributed by atoms with Gasteiger partial charge in [-0.15, -0.1) is 0 Å². The highest BCUT2D eigenvalue weighted by molar-refractivity contribution is 6.19. The third-order valence-electron chi connectivity index (χ3n) is 12.1. The van der Waals surface area contributed by atoms with Gasteiger partial charge in [0, 0.05) is 38.6 Å². The minimum atomic E-state index is -0.0928. The van der Waals surface area contributed by atoms with Crippen molar-refractivity contribution in [3.63, 3.8) is 0 Å². The quantitative estimate of drug-likeness (QED) is 0.169. The summed E-state index contributed by atoms with van der Waals surface area (Å²) in [6.45, 7) is 4.72. The monoisotopic (exact) mass is 729 g/mol. The van der Waals surface area contributed by atoms with E-state index in [1.807, 2.05) is 0 Å². The van der Waals surface area contributed by atoms with Gasteiger partial charge in [-0.2, -0.15) is 0 Å². The van der Waals surface area contributed by atoms with Crippen LogP contribution < -0.4 is 4.90 Å². The van der Waals surface area contributed by atoms with Crippen molar-refractivity contribution in [1.82, 2.24) is 0 Å². The van der Waals surface area contributed by atoms with Crippen molar-refractivity contribution in [3.05, 3.63) is 211 Å². The molecule has 11 rings (SSSR count). The van der Waals surface area contributed by atoms with Crippen LogP contribution in [0.25, 0.3) is 77.2 Å². The summed E-state index contributed by atoms with van der Waals surface area (Å²) in [7, 11) is 0. The molecule has 0 fully saturated rings. The zero-order valence-electron chi connectivity index (χ0n) is 31.9. The van der Waals surface area contributed by atoms with Gasteiger partial charge < -0.3 is 9.32 Å². The first-order chi connectivity index (χ1) is 28.0. The number of fused-ring (bicyclic) bond motifs is 8. The SMILES string of the molecule is CC1(C)c2ccccc2-c2cccc(-c3ccc(N(c4ccc(-c5ccccc5)cc4)c4cccc(-c5cccc6oc7c8ccccc8ccc7c56)c4)cc3)c21. The van der Waals surface area contributed by atoms with Crippen LogP contribution in [0, 0.1) is 0 Å². The van der Waals surface area contributed by atoms with Crippen LogP contribution >= 0.6 is 0 Å². The number of rotatable bonds is 6. The fraction of sp³-hybridized carbons (Fsp3) is 0.0545. The van der Waals surface area contributed by atoms with Crippen LogP contribution in [0.1, 0.15) is 25.0 Å². The van der Waals surface area contributed by atoms with Crippen molar-refractivity contribution in [2.24, 2.45) is 0 Å². The van der Waals surface area contributed by atoms with E-state index in [1.165, 1.54) is 49.9 Å². The summed E-state index contributed by atoms with van der Waals surface area (Å²) in [6.07, 6.45) is 0. The maximum atomic E-state index is 6.59. The zero-order valence-corrected chi connectivity index (χ0v) is 31.9. The summed E-state index contributed by atoms with van der Waals surface area (Å²) in [4.78, 5) is 2.37. The van der Waals surface area contributed by atoms with Gasteiger partial charge in [-0.25, -0.2) is 0 Å². The van der Waals surface area contributed by atoms with E-state index in [2.05, 4.69) is 219 Å². The molecule has 0 spiro atoms. The van der Waals surface area contributed by atoms with Gasteiger partial charge in [0.25, 0.3) is 0 Å². The Morgan fingerprint density at radius 1 is 0.404 bits per heavy atom. The predicted octanol–water partition coefficient (Wildman–Crippen LogP) is 15.5. The Bertz CT molecular complexity index is 3130. The Morgan fingerprint density at radius 3 is 1.84 bits per heavy atom. The Hall–Kier alpha value is -7.16. The molecule has 2 nitrogen and oxygen atoms in total. The van der Waals surface area contributed by atoms with Gasteiger partial charge in [-0.1, -0.05) is 166 Å². The van der Waals surface area contributed by atoms with E-state index in [4.69, 9.17) is 4.42 Å². The molecule has 0 amide bonds. The molecule has 57 heavy (non-hydrogen) atoms. The van der Waals surface area contributed by atoms with Crippen molar-refractivity contribution in [2.45, 2.75) is 19.3 Å². The molecule has 0 aliphatic heterocycles. The molecule has 1 aromatic heterocycles. The number of benzene rings is 9. The summed E-state index contributed by atoms with van der Waals surface area (Å²) in [5, 5.41) is 4.58. The second kappa shape index (κ2) is 13.0. The lowest BCUT2D eigenvalue weighted by molar-refractivity contribution is 0.662. The van der Waals surface area contributed by atoms with E-state index >= 15 is 0 Å². The van der Waals surface area contributed by atoms with Crippen LogP contribution in [-0.4, -0.2) is 0 Å². The molecule has 1 aliphatic carbocycles. The number of hydrogen-bond donors (Lipinski definition) is 0. The lowest BCUT2D eigenvalue weighted by atomic mass is 9.79. The van der Waals surface area contributed by atoms with Crippen LogP contribution in [0.4, 0.5) is 17.1 Å². The lowest BCUT2D eigenvalue weighted by Gasteiger charge is -2.27. The van der Waals surface area contributed by atoms with Crippen molar-refractivity contribution in [3.8, 4) is 44.5 Å². The van der Waals surface area contributed by atoms with Crippen LogP contribution in [0.5, 0.6) is 0 Å². The van der Waals surface area contributed by atoms with E-state index in [0.717, 1.165) is 55.5 Å².